The van der Waals surface area contributed by atoms with E-state index in [4.69, 9.17) is 14.2 Å². The van der Waals surface area contributed by atoms with E-state index in [1.165, 1.54) is 19.3 Å². The van der Waals surface area contributed by atoms with E-state index >= 15 is 0 Å². The topological polar surface area (TPSA) is 65.0 Å². The molecule has 164 valence electrons. The smallest absolute Gasteiger partial charge is 0.200 e. The minimum Gasteiger partial charge on any atom is -0.493 e. The summed E-state index contributed by atoms with van der Waals surface area (Å²) in [6.45, 7) is 2.92. The van der Waals surface area contributed by atoms with Crippen molar-refractivity contribution in [2.75, 3.05) is 13.7 Å². The zero-order chi connectivity index (χ0) is 20.9. The number of Topliss-reactive ketones (excluding diaryl/α,β-unsaturated/α-hetero) is 1. The van der Waals surface area contributed by atoms with Gasteiger partial charge >= 0.3 is 0 Å². The van der Waals surface area contributed by atoms with Gasteiger partial charge in [-0.25, -0.2) is 0 Å². The summed E-state index contributed by atoms with van der Waals surface area (Å²) in [5, 5.41) is 10.1. The number of methoxy groups -OCH3 is 1. The fraction of sp³-hybridized carbons (Fsp3) is 0.708. The van der Waals surface area contributed by atoms with E-state index in [0.717, 1.165) is 50.7 Å². The summed E-state index contributed by atoms with van der Waals surface area (Å²) >= 11 is 0. The van der Waals surface area contributed by atoms with Crippen molar-refractivity contribution in [3.63, 3.8) is 0 Å². The van der Waals surface area contributed by atoms with Gasteiger partial charge in [0.2, 0.25) is 0 Å². The maximum absolute atomic E-state index is 12.2. The first-order chi connectivity index (χ1) is 14.1. The number of carbonyl (C=O) groups excluding carboxylic acids is 1. The first-order valence-corrected chi connectivity index (χ1v) is 11.3. The Labute approximate surface area is 175 Å². The Morgan fingerprint density at radius 1 is 1.21 bits per heavy atom. The predicted octanol–water partition coefficient (Wildman–Crippen LogP) is 5.21. The van der Waals surface area contributed by atoms with Crippen LogP contribution in [0.3, 0.4) is 0 Å². The monoisotopic (exact) mass is 406 g/mol. The van der Waals surface area contributed by atoms with Crippen molar-refractivity contribution in [2.45, 2.75) is 96.4 Å². The van der Waals surface area contributed by atoms with Crippen molar-refractivity contribution in [1.82, 2.24) is 0 Å². The normalized spacial score (nSPS) is 17.7. The maximum Gasteiger partial charge on any atom is 0.200 e. The third kappa shape index (κ3) is 9.18. The highest BCUT2D eigenvalue weighted by Crippen LogP contribution is 2.31. The van der Waals surface area contributed by atoms with Crippen LogP contribution in [0.4, 0.5) is 0 Å². The van der Waals surface area contributed by atoms with Crippen LogP contribution in [0.5, 0.6) is 11.5 Å². The lowest BCUT2D eigenvalue weighted by molar-refractivity contribution is -0.121. The number of aryl methyl sites for hydroxylation is 1. The molecule has 1 N–H and O–H groups in total. The Kier molecular flexibility index (Phi) is 11.1. The molecule has 0 aliphatic carbocycles. The van der Waals surface area contributed by atoms with Crippen molar-refractivity contribution in [1.29, 1.82) is 0 Å². The largest absolute Gasteiger partial charge is 0.493 e. The summed E-state index contributed by atoms with van der Waals surface area (Å²) in [7, 11) is 1.62. The Morgan fingerprint density at radius 2 is 2.03 bits per heavy atom. The standard InChI is InChI=1S/C24H38O5/c1-3-4-5-6-7-10-20(25)18-21(26)14-12-19-13-15-22(23(17-19)27-2)29-24-11-8-9-16-28-24/h13,15,17,20,24-25H,3-12,14,16,18H2,1-2H3. The lowest BCUT2D eigenvalue weighted by atomic mass is 10.0. The minimum absolute atomic E-state index is 0.112. The minimum atomic E-state index is -0.509. The highest BCUT2D eigenvalue weighted by Gasteiger charge is 2.18. The lowest BCUT2D eigenvalue weighted by Gasteiger charge is -2.24. The maximum atomic E-state index is 12.2. The van der Waals surface area contributed by atoms with Gasteiger partial charge in [0.15, 0.2) is 17.8 Å². The predicted molar refractivity (Wildman–Crippen MR) is 115 cm³/mol. The number of carbonyl (C=O) groups is 1. The van der Waals surface area contributed by atoms with E-state index in [9.17, 15) is 9.90 Å². The van der Waals surface area contributed by atoms with Crippen molar-refractivity contribution in [2.24, 2.45) is 0 Å². The molecule has 0 saturated carbocycles. The van der Waals surface area contributed by atoms with Crippen molar-refractivity contribution < 1.29 is 24.1 Å². The molecule has 1 aromatic carbocycles. The zero-order valence-electron chi connectivity index (χ0n) is 18.2. The lowest BCUT2D eigenvalue weighted by Crippen LogP contribution is -2.25. The molecule has 29 heavy (non-hydrogen) atoms. The van der Waals surface area contributed by atoms with Crippen LogP contribution < -0.4 is 9.47 Å². The van der Waals surface area contributed by atoms with E-state index < -0.39 is 6.10 Å². The van der Waals surface area contributed by atoms with Crippen LogP contribution in [0.15, 0.2) is 18.2 Å². The van der Waals surface area contributed by atoms with Crippen molar-refractivity contribution in [3.05, 3.63) is 23.8 Å². The second kappa shape index (κ2) is 13.6. The molecular formula is C24H38O5. The number of hydrogen-bond donors (Lipinski definition) is 1. The van der Waals surface area contributed by atoms with Gasteiger partial charge in [0.1, 0.15) is 5.78 Å². The number of rotatable bonds is 14. The number of aliphatic hydroxyl groups is 1. The van der Waals surface area contributed by atoms with Gasteiger partial charge in [-0.3, -0.25) is 4.79 Å². The molecule has 0 radical (unpaired) electrons. The fourth-order valence-corrected chi connectivity index (χ4v) is 3.64. The number of benzene rings is 1. The molecule has 1 heterocycles. The quantitative estimate of drug-likeness (QED) is 0.430. The molecule has 1 aliphatic rings. The molecule has 2 atom stereocenters. The Hall–Kier alpha value is -1.59. The van der Waals surface area contributed by atoms with Crippen LogP contribution in [0.2, 0.25) is 0 Å². The second-order valence-electron chi connectivity index (χ2n) is 8.00. The fourth-order valence-electron chi connectivity index (χ4n) is 3.64. The second-order valence-corrected chi connectivity index (χ2v) is 8.00. The van der Waals surface area contributed by atoms with Crippen LogP contribution in [0.1, 0.15) is 83.1 Å². The Morgan fingerprint density at radius 3 is 2.76 bits per heavy atom. The van der Waals surface area contributed by atoms with Crippen LogP contribution in [-0.2, 0) is 16.0 Å². The van der Waals surface area contributed by atoms with Gasteiger partial charge < -0.3 is 19.3 Å². The van der Waals surface area contributed by atoms with Gasteiger partial charge in [-0.1, -0.05) is 45.1 Å². The average Bonchev–Trinajstić information content (AvgIpc) is 2.73. The molecular weight excluding hydrogens is 368 g/mol. The summed E-state index contributed by atoms with van der Waals surface area (Å²) < 4.78 is 17.0. The van der Waals surface area contributed by atoms with Crippen LogP contribution in [0.25, 0.3) is 0 Å². The molecule has 0 spiro atoms. The molecule has 1 saturated heterocycles. The van der Waals surface area contributed by atoms with Crippen LogP contribution in [0, 0.1) is 0 Å². The van der Waals surface area contributed by atoms with Gasteiger partial charge in [-0.05, 0) is 43.4 Å². The highest BCUT2D eigenvalue weighted by molar-refractivity contribution is 5.79. The number of ether oxygens (including phenoxy) is 3. The first-order valence-electron chi connectivity index (χ1n) is 11.3. The zero-order valence-corrected chi connectivity index (χ0v) is 18.2. The molecule has 2 unspecified atom stereocenters. The molecule has 1 aromatic rings. The third-order valence-corrected chi connectivity index (χ3v) is 5.42. The van der Waals surface area contributed by atoms with Gasteiger partial charge in [0, 0.05) is 19.3 Å². The highest BCUT2D eigenvalue weighted by atomic mass is 16.7. The SMILES string of the molecule is CCCCCCCC(O)CC(=O)CCc1ccc(OC2CCCCO2)c(OC)c1. The van der Waals surface area contributed by atoms with Gasteiger partial charge in [-0.2, -0.15) is 0 Å². The molecule has 0 aromatic heterocycles. The summed E-state index contributed by atoms with van der Waals surface area (Å²) in [4.78, 5) is 12.2. The molecule has 5 heteroatoms. The summed E-state index contributed by atoms with van der Waals surface area (Å²) in [6, 6.07) is 5.79. The molecule has 1 fully saturated rings. The average molecular weight is 407 g/mol. The van der Waals surface area contributed by atoms with Crippen molar-refractivity contribution in [3.8, 4) is 11.5 Å². The molecule has 0 amide bonds. The molecule has 2 rings (SSSR count). The summed E-state index contributed by atoms with van der Waals surface area (Å²) in [6.07, 6.45) is 10.2. The van der Waals surface area contributed by atoms with Gasteiger partial charge in [0.05, 0.1) is 19.8 Å². The Bertz CT molecular complexity index is 595. The first kappa shape index (κ1) is 23.7. The van der Waals surface area contributed by atoms with E-state index in [0.29, 0.717) is 24.3 Å². The summed E-state index contributed by atoms with van der Waals surface area (Å²) in [5.41, 5.74) is 1.03. The van der Waals surface area contributed by atoms with Gasteiger partial charge in [-0.15, -0.1) is 0 Å². The van der Waals surface area contributed by atoms with Crippen molar-refractivity contribution >= 4 is 5.78 Å². The van der Waals surface area contributed by atoms with Crippen LogP contribution >= 0.6 is 0 Å². The van der Waals surface area contributed by atoms with E-state index in [2.05, 4.69) is 6.92 Å². The third-order valence-electron chi connectivity index (χ3n) is 5.42. The number of unbranched alkanes of at least 4 members (excludes halogenated alkanes) is 4. The molecule has 5 nitrogen and oxygen atoms in total. The summed E-state index contributed by atoms with van der Waals surface area (Å²) in [5.74, 6) is 1.45. The Balaban J connectivity index is 1.74. The van der Waals surface area contributed by atoms with E-state index in [1.54, 1.807) is 7.11 Å². The van der Waals surface area contributed by atoms with E-state index in [-0.39, 0.29) is 18.5 Å². The number of aliphatic hydroxyl groups excluding tert-OH is 1. The van der Waals surface area contributed by atoms with Crippen LogP contribution in [-0.4, -0.2) is 37.0 Å². The number of ketones is 1. The molecule has 0 bridgehead atoms. The molecule has 1 aliphatic heterocycles. The van der Waals surface area contributed by atoms with Gasteiger partial charge in [0.25, 0.3) is 0 Å². The van der Waals surface area contributed by atoms with E-state index in [1.807, 2.05) is 18.2 Å². The number of hydrogen-bond acceptors (Lipinski definition) is 5.